The third-order valence-electron chi connectivity index (χ3n) is 5.19. The Balaban J connectivity index is 1.72. The number of amides is 1. The van der Waals surface area contributed by atoms with Crippen molar-refractivity contribution in [1.29, 1.82) is 0 Å². The van der Waals surface area contributed by atoms with E-state index in [1.165, 1.54) is 0 Å². The Hall–Kier alpha value is -3.01. The number of hydrogen-bond acceptors (Lipinski definition) is 3. The molecule has 0 fully saturated rings. The number of methoxy groups -OCH3 is 1. The van der Waals surface area contributed by atoms with Crippen LogP contribution in [0.15, 0.2) is 60.7 Å². The highest BCUT2D eigenvalue weighted by Gasteiger charge is 2.20. The van der Waals surface area contributed by atoms with Crippen molar-refractivity contribution in [3.05, 3.63) is 71.8 Å². The average molecular weight is 377 g/mol. The first-order valence-electron chi connectivity index (χ1n) is 9.48. The second-order valence-electron chi connectivity index (χ2n) is 7.45. The number of likely N-dealkylation sites (N-methyl/N-ethyl adjacent to an activating group) is 1. The van der Waals surface area contributed by atoms with Gasteiger partial charge in [0, 0.05) is 33.4 Å². The summed E-state index contributed by atoms with van der Waals surface area (Å²) in [6, 6.07) is 20.5. The van der Waals surface area contributed by atoms with Crippen molar-refractivity contribution >= 4 is 22.4 Å². The first-order chi connectivity index (χ1) is 13.4. The largest absolute Gasteiger partial charge is 0.497 e. The van der Waals surface area contributed by atoms with E-state index in [1.807, 2.05) is 52.3 Å². The van der Waals surface area contributed by atoms with Crippen LogP contribution in [0.5, 0.6) is 5.75 Å². The van der Waals surface area contributed by atoms with Gasteiger partial charge in [-0.1, -0.05) is 36.4 Å². The second-order valence-corrected chi connectivity index (χ2v) is 7.45. The van der Waals surface area contributed by atoms with E-state index < -0.39 is 0 Å². The molecule has 0 saturated carbocycles. The lowest BCUT2D eigenvalue weighted by Gasteiger charge is -2.22. The second kappa shape index (κ2) is 8.34. The fourth-order valence-electron chi connectivity index (χ4n) is 3.36. The zero-order valence-electron chi connectivity index (χ0n) is 17.3. The van der Waals surface area contributed by atoms with E-state index in [2.05, 4.69) is 41.3 Å². The van der Waals surface area contributed by atoms with Crippen molar-refractivity contribution in [3.8, 4) is 5.75 Å². The molecule has 0 aliphatic rings. The Morgan fingerprint density at radius 3 is 2.21 bits per heavy atom. The molecule has 0 N–H and O–H groups in total. The van der Waals surface area contributed by atoms with Gasteiger partial charge >= 0.3 is 0 Å². The minimum absolute atomic E-state index is 0.115. The van der Waals surface area contributed by atoms with Crippen LogP contribution in [0.1, 0.15) is 24.0 Å². The fourth-order valence-corrected chi connectivity index (χ4v) is 3.36. The van der Waals surface area contributed by atoms with Crippen LogP contribution in [0, 0.1) is 0 Å². The maximum Gasteiger partial charge on any atom is 0.229 e. The molecular weight excluding hydrogens is 348 g/mol. The van der Waals surface area contributed by atoms with Gasteiger partial charge in [-0.3, -0.25) is 4.79 Å². The van der Waals surface area contributed by atoms with E-state index >= 15 is 0 Å². The van der Waals surface area contributed by atoms with Crippen LogP contribution in [-0.2, 0) is 11.3 Å². The van der Waals surface area contributed by atoms with Crippen molar-refractivity contribution < 1.29 is 9.53 Å². The Labute approximate surface area is 167 Å². The van der Waals surface area contributed by atoms with E-state index in [1.54, 1.807) is 12.0 Å². The van der Waals surface area contributed by atoms with Crippen LogP contribution >= 0.6 is 0 Å². The number of carbonyl (C=O) groups excluding carboxylic acids is 1. The highest BCUT2D eigenvalue weighted by molar-refractivity contribution is 5.88. The van der Waals surface area contributed by atoms with E-state index in [4.69, 9.17) is 4.74 Å². The molecule has 4 heteroatoms. The number of benzene rings is 3. The molecule has 3 aromatic rings. The first-order valence-corrected chi connectivity index (χ1v) is 9.48. The summed E-state index contributed by atoms with van der Waals surface area (Å²) in [5.74, 6) is 0.756. The fraction of sp³-hybridized carbons (Fsp3) is 0.292. The minimum atomic E-state index is -0.197. The summed E-state index contributed by atoms with van der Waals surface area (Å²) in [6.07, 6.45) is 0. The van der Waals surface area contributed by atoms with Gasteiger partial charge in [-0.2, -0.15) is 0 Å². The summed E-state index contributed by atoms with van der Waals surface area (Å²) in [5, 5.41) is 2.22. The van der Waals surface area contributed by atoms with Crippen LogP contribution in [0.3, 0.4) is 0 Å². The van der Waals surface area contributed by atoms with Crippen LogP contribution in [0.25, 0.3) is 10.8 Å². The lowest BCUT2D eigenvalue weighted by atomic mass is 9.96. The third-order valence-corrected chi connectivity index (χ3v) is 5.19. The molecule has 146 valence electrons. The van der Waals surface area contributed by atoms with Gasteiger partial charge in [0.25, 0.3) is 0 Å². The molecule has 1 atom stereocenters. The molecule has 28 heavy (non-hydrogen) atoms. The smallest absolute Gasteiger partial charge is 0.229 e. The zero-order valence-corrected chi connectivity index (χ0v) is 17.3. The number of nitrogens with zero attached hydrogens (tertiary/aromatic N) is 2. The third kappa shape index (κ3) is 4.28. The zero-order chi connectivity index (χ0) is 20.3. The predicted molar refractivity (Wildman–Crippen MR) is 116 cm³/mol. The Morgan fingerprint density at radius 2 is 1.57 bits per heavy atom. The SMILES string of the molecule is COc1ccc2cc([C@@H](C)C(=O)N(C)Cc3ccc(N(C)C)cc3)ccc2c1. The quantitative estimate of drug-likeness (QED) is 0.626. The summed E-state index contributed by atoms with van der Waals surface area (Å²) in [4.78, 5) is 16.8. The van der Waals surface area contributed by atoms with E-state index in [0.29, 0.717) is 6.54 Å². The Bertz CT molecular complexity index is 964. The van der Waals surface area contributed by atoms with Crippen LogP contribution in [0.2, 0.25) is 0 Å². The Morgan fingerprint density at radius 1 is 0.929 bits per heavy atom. The Kier molecular flexibility index (Phi) is 5.88. The normalized spacial score (nSPS) is 11.9. The average Bonchev–Trinajstić information content (AvgIpc) is 2.72. The van der Waals surface area contributed by atoms with E-state index in [0.717, 1.165) is 33.3 Å². The van der Waals surface area contributed by atoms with Gasteiger partial charge in [-0.25, -0.2) is 0 Å². The molecule has 3 aromatic carbocycles. The van der Waals surface area contributed by atoms with Crippen LogP contribution in [0.4, 0.5) is 5.69 Å². The minimum Gasteiger partial charge on any atom is -0.497 e. The highest BCUT2D eigenvalue weighted by Crippen LogP contribution is 2.26. The van der Waals surface area contributed by atoms with Crippen LogP contribution < -0.4 is 9.64 Å². The van der Waals surface area contributed by atoms with Crippen molar-refractivity contribution in [1.82, 2.24) is 4.90 Å². The first kappa shape index (κ1) is 19.7. The molecule has 0 aliphatic carbocycles. The number of carbonyl (C=O) groups is 1. The number of fused-ring (bicyclic) bond motifs is 1. The number of anilines is 1. The van der Waals surface area contributed by atoms with Gasteiger partial charge in [-0.05, 0) is 53.1 Å². The van der Waals surface area contributed by atoms with Crippen molar-refractivity contribution in [2.75, 3.05) is 33.2 Å². The van der Waals surface area contributed by atoms with Crippen molar-refractivity contribution in [2.24, 2.45) is 0 Å². The topological polar surface area (TPSA) is 32.8 Å². The van der Waals surface area contributed by atoms with E-state index in [9.17, 15) is 4.79 Å². The number of hydrogen-bond donors (Lipinski definition) is 0. The van der Waals surface area contributed by atoms with E-state index in [-0.39, 0.29) is 11.8 Å². The molecule has 0 radical (unpaired) electrons. The predicted octanol–water partition coefficient (Wildman–Crippen LogP) is 4.68. The number of rotatable bonds is 6. The lowest BCUT2D eigenvalue weighted by molar-refractivity contribution is -0.131. The molecule has 0 bridgehead atoms. The molecule has 0 saturated heterocycles. The van der Waals surface area contributed by atoms with Gasteiger partial charge in [-0.15, -0.1) is 0 Å². The number of ether oxygens (including phenoxy) is 1. The molecule has 0 aliphatic heterocycles. The maximum absolute atomic E-state index is 13.0. The van der Waals surface area contributed by atoms with Crippen molar-refractivity contribution in [3.63, 3.8) is 0 Å². The monoisotopic (exact) mass is 376 g/mol. The lowest BCUT2D eigenvalue weighted by Crippen LogP contribution is -2.30. The van der Waals surface area contributed by atoms with Gasteiger partial charge in [0.2, 0.25) is 5.91 Å². The van der Waals surface area contributed by atoms with Gasteiger partial charge in [0.05, 0.1) is 13.0 Å². The highest BCUT2D eigenvalue weighted by atomic mass is 16.5. The summed E-state index contributed by atoms with van der Waals surface area (Å²) in [7, 11) is 7.57. The van der Waals surface area contributed by atoms with Gasteiger partial charge in [0.15, 0.2) is 0 Å². The summed E-state index contributed by atoms with van der Waals surface area (Å²) in [6.45, 7) is 2.57. The molecule has 0 heterocycles. The molecule has 4 nitrogen and oxygen atoms in total. The van der Waals surface area contributed by atoms with Gasteiger partial charge in [0.1, 0.15) is 5.75 Å². The molecule has 0 aromatic heterocycles. The maximum atomic E-state index is 13.0. The summed E-state index contributed by atoms with van der Waals surface area (Å²) >= 11 is 0. The molecule has 3 rings (SSSR count). The molecule has 1 amide bonds. The standard InChI is InChI=1S/C24H28N2O2/c1-17(19-8-9-21-15-23(28-5)13-10-20(21)14-19)24(27)26(4)16-18-6-11-22(12-7-18)25(2)3/h6-15,17H,16H2,1-5H3/t17-/m1/s1. The molecule has 0 unspecified atom stereocenters. The van der Waals surface area contributed by atoms with Crippen molar-refractivity contribution in [2.45, 2.75) is 19.4 Å². The summed E-state index contributed by atoms with van der Waals surface area (Å²) < 4.78 is 5.28. The molecule has 0 spiro atoms. The van der Waals surface area contributed by atoms with Crippen LogP contribution in [-0.4, -0.2) is 39.1 Å². The van der Waals surface area contributed by atoms with Gasteiger partial charge < -0.3 is 14.5 Å². The summed E-state index contributed by atoms with van der Waals surface area (Å²) in [5.41, 5.74) is 3.30. The molecular formula is C24H28N2O2.